The fraction of sp³-hybridized carbons (Fsp3) is 0.462. The van der Waals surface area contributed by atoms with E-state index in [0.29, 0.717) is 12.3 Å². The Morgan fingerprint density at radius 2 is 2.12 bits per heavy atom. The maximum Gasteiger partial charge on any atom is 0.227 e. The van der Waals surface area contributed by atoms with Gasteiger partial charge in [-0.05, 0) is 36.1 Å². The molecule has 0 saturated carbocycles. The number of carbonyl (C=O) groups excluding carboxylic acids is 1. The molecule has 2 rings (SSSR count). The van der Waals surface area contributed by atoms with Crippen LogP contribution < -0.4 is 4.90 Å². The minimum absolute atomic E-state index is 0.187. The molecule has 86 valence electrons. The lowest BCUT2D eigenvalue weighted by Crippen LogP contribution is -2.37. The molecule has 16 heavy (non-hydrogen) atoms. The molecule has 0 saturated heterocycles. The summed E-state index contributed by atoms with van der Waals surface area (Å²) in [6, 6.07) is 5.24. The molecule has 0 fully saturated rings. The number of hydrogen-bond donors (Lipinski definition) is 1. The highest BCUT2D eigenvalue weighted by molar-refractivity contribution is 5.96. The van der Waals surface area contributed by atoms with E-state index in [9.17, 15) is 9.90 Å². The van der Waals surface area contributed by atoms with Crippen molar-refractivity contribution in [3.05, 3.63) is 23.8 Å². The third kappa shape index (κ3) is 2.03. The molecule has 3 nitrogen and oxygen atoms in total. The van der Waals surface area contributed by atoms with E-state index in [-0.39, 0.29) is 11.7 Å². The number of anilines is 1. The quantitative estimate of drug-likeness (QED) is 0.829. The SMILES string of the molecule is CC(C)CN1C(=O)CCc2cc(O)ccc21. The molecule has 0 bridgehead atoms. The normalized spacial score (nSPS) is 15.4. The van der Waals surface area contributed by atoms with Gasteiger partial charge in [-0.15, -0.1) is 0 Å². The lowest BCUT2D eigenvalue weighted by atomic mass is 9.99. The Morgan fingerprint density at radius 3 is 2.81 bits per heavy atom. The van der Waals surface area contributed by atoms with Crippen molar-refractivity contribution in [2.24, 2.45) is 5.92 Å². The molecular formula is C13H17NO2. The number of aromatic hydroxyl groups is 1. The van der Waals surface area contributed by atoms with Crippen LogP contribution in [-0.2, 0) is 11.2 Å². The molecule has 1 N–H and O–H groups in total. The number of carbonyl (C=O) groups is 1. The summed E-state index contributed by atoms with van der Waals surface area (Å²) in [5.74, 6) is 0.910. The maximum absolute atomic E-state index is 11.8. The average molecular weight is 219 g/mol. The van der Waals surface area contributed by atoms with E-state index in [0.717, 1.165) is 24.2 Å². The minimum atomic E-state index is 0.187. The molecular weight excluding hydrogens is 202 g/mol. The second kappa shape index (κ2) is 4.16. The number of nitrogens with zero attached hydrogens (tertiary/aromatic N) is 1. The van der Waals surface area contributed by atoms with E-state index >= 15 is 0 Å². The van der Waals surface area contributed by atoms with Gasteiger partial charge in [-0.25, -0.2) is 0 Å². The molecule has 1 aliphatic rings. The van der Waals surface area contributed by atoms with E-state index in [1.54, 1.807) is 12.1 Å². The molecule has 1 aromatic carbocycles. The summed E-state index contributed by atoms with van der Waals surface area (Å²) in [6.07, 6.45) is 1.28. The molecule has 3 heteroatoms. The Hall–Kier alpha value is -1.51. The Morgan fingerprint density at radius 1 is 1.38 bits per heavy atom. The molecule has 0 unspecified atom stereocenters. The van der Waals surface area contributed by atoms with Gasteiger partial charge >= 0.3 is 0 Å². The van der Waals surface area contributed by atoms with Crippen molar-refractivity contribution >= 4 is 11.6 Å². The smallest absolute Gasteiger partial charge is 0.227 e. The van der Waals surface area contributed by atoms with Crippen molar-refractivity contribution in [1.29, 1.82) is 0 Å². The van der Waals surface area contributed by atoms with Gasteiger partial charge in [0.15, 0.2) is 0 Å². The largest absolute Gasteiger partial charge is 0.508 e. The van der Waals surface area contributed by atoms with Crippen LogP contribution in [0, 0.1) is 5.92 Å². The zero-order valence-electron chi connectivity index (χ0n) is 9.73. The standard InChI is InChI=1S/C13H17NO2/c1-9(2)8-14-12-5-4-11(15)7-10(12)3-6-13(14)16/h4-5,7,9,15H,3,6,8H2,1-2H3. The first kappa shape index (κ1) is 11.0. The fourth-order valence-corrected chi connectivity index (χ4v) is 2.11. The van der Waals surface area contributed by atoms with E-state index in [4.69, 9.17) is 0 Å². The van der Waals surface area contributed by atoms with E-state index in [1.807, 2.05) is 11.0 Å². The summed E-state index contributed by atoms with van der Waals surface area (Å²) < 4.78 is 0. The predicted octanol–water partition coefficient (Wildman–Crippen LogP) is 2.33. The number of fused-ring (bicyclic) bond motifs is 1. The highest BCUT2D eigenvalue weighted by atomic mass is 16.3. The molecule has 0 spiro atoms. The van der Waals surface area contributed by atoms with Crippen LogP contribution in [0.5, 0.6) is 5.75 Å². The van der Waals surface area contributed by atoms with Crippen molar-refractivity contribution in [1.82, 2.24) is 0 Å². The minimum Gasteiger partial charge on any atom is -0.508 e. The van der Waals surface area contributed by atoms with Gasteiger partial charge in [-0.2, -0.15) is 0 Å². The number of aryl methyl sites for hydroxylation is 1. The van der Waals surface area contributed by atoms with Crippen LogP contribution in [0.1, 0.15) is 25.8 Å². The molecule has 0 atom stereocenters. The highest BCUT2D eigenvalue weighted by Crippen LogP contribution is 2.31. The van der Waals surface area contributed by atoms with Crippen molar-refractivity contribution in [2.45, 2.75) is 26.7 Å². The molecule has 1 heterocycles. The second-order valence-corrected chi connectivity index (χ2v) is 4.71. The van der Waals surface area contributed by atoms with Crippen molar-refractivity contribution in [3.63, 3.8) is 0 Å². The van der Waals surface area contributed by atoms with Crippen LogP contribution in [0.2, 0.25) is 0 Å². The number of phenolic OH excluding ortho intramolecular Hbond substituents is 1. The molecule has 0 radical (unpaired) electrons. The number of benzene rings is 1. The summed E-state index contributed by atoms with van der Waals surface area (Å²) >= 11 is 0. The lowest BCUT2D eigenvalue weighted by Gasteiger charge is -2.30. The zero-order valence-corrected chi connectivity index (χ0v) is 9.73. The second-order valence-electron chi connectivity index (χ2n) is 4.71. The molecule has 1 aliphatic heterocycles. The molecule has 1 aromatic rings. The van der Waals surface area contributed by atoms with E-state index in [2.05, 4.69) is 13.8 Å². The average Bonchev–Trinajstić information content (AvgIpc) is 2.22. The number of amides is 1. The van der Waals surface area contributed by atoms with Crippen LogP contribution in [0.25, 0.3) is 0 Å². The topological polar surface area (TPSA) is 40.5 Å². The summed E-state index contributed by atoms with van der Waals surface area (Å²) in [5, 5.41) is 9.42. The van der Waals surface area contributed by atoms with Crippen LogP contribution >= 0.6 is 0 Å². The van der Waals surface area contributed by atoms with Gasteiger partial charge in [0, 0.05) is 18.7 Å². The van der Waals surface area contributed by atoms with Gasteiger partial charge < -0.3 is 10.0 Å². The van der Waals surface area contributed by atoms with Gasteiger partial charge in [0.2, 0.25) is 5.91 Å². The van der Waals surface area contributed by atoms with Gasteiger partial charge in [-0.3, -0.25) is 4.79 Å². The summed E-state index contributed by atoms with van der Waals surface area (Å²) in [4.78, 5) is 13.7. The molecule has 0 aliphatic carbocycles. The number of hydrogen-bond acceptors (Lipinski definition) is 2. The van der Waals surface area contributed by atoms with Crippen LogP contribution in [0.3, 0.4) is 0 Å². The van der Waals surface area contributed by atoms with Crippen molar-refractivity contribution in [2.75, 3.05) is 11.4 Å². The zero-order chi connectivity index (χ0) is 11.7. The van der Waals surface area contributed by atoms with Crippen molar-refractivity contribution in [3.8, 4) is 5.75 Å². The lowest BCUT2D eigenvalue weighted by molar-refractivity contribution is -0.119. The number of rotatable bonds is 2. The molecule has 1 amide bonds. The monoisotopic (exact) mass is 219 g/mol. The third-order valence-electron chi connectivity index (χ3n) is 2.81. The first-order valence-electron chi connectivity index (χ1n) is 5.70. The maximum atomic E-state index is 11.8. The Bertz CT molecular complexity index is 412. The van der Waals surface area contributed by atoms with Gasteiger partial charge in [-0.1, -0.05) is 13.8 Å². The Balaban J connectivity index is 2.36. The van der Waals surface area contributed by atoms with Gasteiger partial charge in [0.25, 0.3) is 0 Å². The molecule has 0 aromatic heterocycles. The highest BCUT2D eigenvalue weighted by Gasteiger charge is 2.24. The van der Waals surface area contributed by atoms with E-state index in [1.165, 1.54) is 0 Å². The van der Waals surface area contributed by atoms with Gasteiger partial charge in [0.05, 0.1) is 0 Å². The van der Waals surface area contributed by atoms with Crippen molar-refractivity contribution < 1.29 is 9.90 Å². The summed E-state index contributed by atoms with van der Waals surface area (Å²) in [5.41, 5.74) is 2.03. The number of phenols is 1. The first-order valence-corrected chi connectivity index (χ1v) is 5.70. The summed E-state index contributed by atoms with van der Waals surface area (Å²) in [6.45, 7) is 4.94. The summed E-state index contributed by atoms with van der Waals surface area (Å²) in [7, 11) is 0. The fourth-order valence-electron chi connectivity index (χ4n) is 2.11. The Labute approximate surface area is 95.7 Å². The first-order chi connectivity index (χ1) is 7.58. The Kier molecular flexibility index (Phi) is 2.86. The predicted molar refractivity (Wildman–Crippen MR) is 63.6 cm³/mol. The third-order valence-corrected chi connectivity index (χ3v) is 2.81. The van der Waals surface area contributed by atoms with Gasteiger partial charge in [0.1, 0.15) is 5.75 Å². The van der Waals surface area contributed by atoms with Crippen LogP contribution in [0.4, 0.5) is 5.69 Å². The van der Waals surface area contributed by atoms with E-state index < -0.39 is 0 Å². The van der Waals surface area contributed by atoms with Crippen LogP contribution in [-0.4, -0.2) is 17.6 Å². The van der Waals surface area contributed by atoms with Crippen LogP contribution in [0.15, 0.2) is 18.2 Å².